The monoisotopic (exact) mass is 514 g/mol. The number of aliphatic hydroxyl groups excluding tert-OH is 1. The van der Waals surface area contributed by atoms with Gasteiger partial charge in [-0.3, -0.25) is 9.69 Å². The van der Waals surface area contributed by atoms with Crippen molar-refractivity contribution in [1.82, 2.24) is 14.2 Å². The Morgan fingerprint density at radius 1 is 1.25 bits per heavy atom. The van der Waals surface area contributed by atoms with Crippen molar-refractivity contribution in [2.75, 3.05) is 18.5 Å². The Kier molecular flexibility index (Phi) is 6.33. The number of nitrogens with zero attached hydrogens (tertiary/aromatic N) is 2. The van der Waals surface area contributed by atoms with Gasteiger partial charge in [0.15, 0.2) is 11.4 Å². The molecule has 0 aliphatic carbocycles. The summed E-state index contributed by atoms with van der Waals surface area (Å²) in [6.07, 6.45) is 0.273. The lowest BCUT2D eigenvalue weighted by Gasteiger charge is -2.26. The van der Waals surface area contributed by atoms with Crippen LogP contribution in [-0.2, 0) is 23.6 Å². The molecule has 1 amide bonds. The lowest BCUT2D eigenvalue weighted by molar-refractivity contribution is 0.0185. The number of hydrogen-bond acceptors (Lipinski definition) is 6. The van der Waals surface area contributed by atoms with Crippen LogP contribution in [-0.4, -0.2) is 54.3 Å². The van der Waals surface area contributed by atoms with Crippen LogP contribution < -0.4 is 14.8 Å². The average molecular weight is 515 g/mol. The number of hydrogen-bond donors (Lipinski definition) is 3. The van der Waals surface area contributed by atoms with Crippen molar-refractivity contribution in [1.29, 1.82) is 0 Å². The second-order valence-electron chi connectivity index (χ2n) is 9.25. The molecule has 2 aliphatic heterocycles. The number of ether oxygens (including phenoxy) is 1. The minimum absolute atomic E-state index is 0.0236. The molecule has 1 saturated heterocycles. The number of carbonyl (C=O) groups is 1. The van der Waals surface area contributed by atoms with Gasteiger partial charge >= 0.3 is 0 Å². The van der Waals surface area contributed by atoms with Crippen LogP contribution >= 0.6 is 0 Å². The van der Waals surface area contributed by atoms with E-state index in [1.54, 1.807) is 18.9 Å². The molecule has 9 nitrogen and oxygen atoms in total. The maximum Gasteiger partial charge on any atom is 0.276 e. The highest BCUT2D eigenvalue weighted by Gasteiger charge is 2.46. The summed E-state index contributed by atoms with van der Waals surface area (Å²) < 4.78 is 50.3. The smallest absolute Gasteiger partial charge is 0.276 e. The molecule has 3 heterocycles. The number of fused-ring (bicyclic) bond motifs is 2. The van der Waals surface area contributed by atoms with Crippen molar-refractivity contribution < 1.29 is 27.4 Å². The SMILES string of the molecule is Cc1cc(NC(=O)c2c3c(cn2C)S(=O)(=O)NC2C(CO3)CN(Cc3ccccc3)C2O)ccc1F. The average Bonchev–Trinajstić information content (AvgIpc) is 3.31. The van der Waals surface area contributed by atoms with Crippen LogP contribution in [0.1, 0.15) is 21.6 Å². The van der Waals surface area contributed by atoms with Gasteiger partial charge in [0.1, 0.15) is 16.9 Å². The van der Waals surface area contributed by atoms with Crippen molar-refractivity contribution in [2.24, 2.45) is 13.0 Å². The van der Waals surface area contributed by atoms with E-state index in [4.69, 9.17) is 4.74 Å². The largest absolute Gasteiger partial charge is 0.489 e. The summed E-state index contributed by atoms with van der Waals surface area (Å²) in [5.74, 6) is -1.39. The van der Waals surface area contributed by atoms with Crippen LogP contribution in [0.2, 0.25) is 0 Å². The second kappa shape index (κ2) is 9.32. The van der Waals surface area contributed by atoms with Gasteiger partial charge in [-0.2, -0.15) is 0 Å². The number of sulfonamides is 1. The molecule has 1 aromatic heterocycles. The van der Waals surface area contributed by atoms with Gasteiger partial charge in [-0.25, -0.2) is 17.5 Å². The summed E-state index contributed by atoms with van der Waals surface area (Å²) in [6.45, 7) is 2.54. The fourth-order valence-corrected chi connectivity index (χ4v) is 6.29. The topological polar surface area (TPSA) is 113 Å². The Morgan fingerprint density at radius 2 is 2.00 bits per heavy atom. The summed E-state index contributed by atoms with van der Waals surface area (Å²) in [4.78, 5) is 14.8. The van der Waals surface area contributed by atoms with Gasteiger partial charge in [0, 0.05) is 37.9 Å². The predicted octanol–water partition coefficient (Wildman–Crippen LogP) is 2.21. The lowest BCUT2D eigenvalue weighted by atomic mass is 10.1. The van der Waals surface area contributed by atoms with Crippen LogP contribution in [0.3, 0.4) is 0 Å². The van der Waals surface area contributed by atoms with Crippen LogP contribution in [0.5, 0.6) is 5.75 Å². The molecule has 3 N–H and O–H groups in total. The maximum absolute atomic E-state index is 13.6. The van der Waals surface area contributed by atoms with E-state index in [0.29, 0.717) is 24.3 Å². The zero-order valence-electron chi connectivity index (χ0n) is 19.8. The van der Waals surface area contributed by atoms with Crippen LogP contribution in [0.15, 0.2) is 59.6 Å². The second-order valence-corrected chi connectivity index (χ2v) is 10.9. The Morgan fingerprint density at radius 3 is 2.72 bits per heavy atom. The Bertz CT molecular complexity index is 1410. The van der Waals surface area contributed by atoms with E-state index in [1.165, 1.54) is 29.0 Å². The summed E-state index contributed by atoms with van der Waals surface area (Å²) >= 11 is 0. The number of aryl methyl sites for hydroxylation is 2. The third kappa shape index (κ3) is 4.50. The zero-order chi connectivity index (χ0) is 25.6. The molecular weight excluding hydrogens is 487 g/mol. The zero-order valence-corrected chi connectivity index (χ0v) is 20.6. The van der Waals surface area contributed by atoms with Gasteiger partial charge in [-0.05, 0) is 36.2 Å². The quantitative estimate of drug-likeness (QED) is 0.492. The molecule has 0 bridgehead atoms. The van der Waals surface area contributed by atoms with E-state index < -0.39 is 34.0 Å². The predicted molar refractivity (Wildman–Crippen MR) is 130 cm³/mol. The highest BCUT2D eigenvalue weighted by atomic mass is 32.2. The lowest BCUT2D eigenvalue weighted by Crippen LogP contribution is -2.48. The fourth-order valence-electron chi connectivity index (χ4n) is 4.80. The first-order valence-corrected chi connectivity index (χ1v) is 13.0. The first-order chi connectivity index (χ1) is 17.1. The number of amides is 1. The van der Waals surface area contributed by atoms with Gasteiger partial charge < -0.3 is 19.7 Å². The van der Waals surface area contributed by atoms with E-state index in [9.17, 15) is 22.7 Å². The van der Waals surface area contributed by atoms with Gasteiger partial charge in [0.25, 0.3) is 5.91 Å². The molecule has 2 aliphatic rings. The summed E-state index contributed by atoms with van der Waals surface area (Å²) in [6, 6.07) is 13.0. The summed E-state index contributed by atoms with van der Waals surface area (Å²) in [5, 5.41) is 13.6. The van der Waals surface area contributed by atoms with E-state index in [1.807, 2.05) is 30.3 Å². The highest BCUT2D eigenvalue weighted by molar-refractivity contribution is 7.89. The molecule has 0 spiro atoms. The van der Waals surface area contributed by atoms with Gasteiger partial charge in [-0.15, -0.1) is 0 Å². The molecule has 1 fully saturated rings. The van der Waals surface area contributed by atoms with Crippen LogP contribution in [0.25, 0.3) is 0 Å². The Labute approximate surface area is 208 Å². The molecule has 36 heavy (non-hydrogen) atoms. The van der Waals surface area contributed by atoms with Crippen LogP contribution in [0, 0.1) is 18.7 Å². The number of anilines is 1. The van der Waals surface area contributed by atoms with E-state index in [2.05, 4.69) is 10.0 Å². The molecule has 190 valence electrons. The number of rotatable bonds is 4. The molecule has 3 unspecified atom stereocenters. The normalized spacial score (nSPS) is 23.2. The maximum atomic E-state index is 13.6. The third-order valence-corrected chi connectivity index (χ3v) is 8.11. The molecule has 0 saturated carbocycles. The minimum atomic E-state index is -4.12. The van der Waals surface area contributed by atoms with Crippen molar-refractivity contribution in [3.63, 3.8) is 0 Å². The highest BCUT2D eigenvalue weighted by Crippen LogP contribution is 2.36. The number of benzene rings is 2. The molecular formula is C25H27FN4O5S. The van der Waals surface area contributed by atoms with Gasteiger partial charge in [0.2, 0.25) is 10.0 Å². The molecule has 0 radical (unpaired) electrons. The number of likely N-dealkylation sites (tertiary alicyclic amines) is 1. The third-order valence-electron chi connectivity index (χ3n) is 6.66. The molecule has 2 aromatic carbocycles. The number of aliphatic hydroxyl groups is 1. The standard InChI is InChI=1S/C25H27FN4O5S/c1-15-10-18(8-9-19(15)26)27-24(31)22-23-20(13-29(22)2)36(33,34)28-21-17(14-35-23)12-30(25(21)32)11-16-6-4-3-5-7-16/h3-10,13,17,21,25,28,32H,11-12,14H2,1-2H3,(H,27,31). The van der Waals surface area contributed by atoms with Gasteiger partial charge in [0.05, 0.1) is 12.6 Å². The van der Waals surface area contributed by atoms with E-state index in [0.717, 1.165) is 5.56 Å². The summed E-state index contributed by atoms with van der Waals surface area (Å²) in [7, 11) is -2.57. The van der Waals surface area contributed by atoms with Crippen molar-refractivity contribution >= 4 is 21.6 Å². The number of carbonyl (C=O) groups excluding carboxylic acids is 1. The van der Waals surface area contributed by atoms with Crippen molar-refractivity contribution in [3.05, 3.63) is 77.4 Å². The first kappa shape index (κ1) is 24.4. The molecule has 3 atom stereocenters. The Balaban J connectivity index is 1.42. The van der Waals surface area contributed by atoms with Crippen molar-refractivity contribution in [3.8, 4) is 5.75 Å². The minimum Gasteiger partial charge on any atom is -0.489 e. The van der Waals surface area contributed by atoms with Crippen molar-refractivity contribution in [2.45, 2.75) is 30.6 Å². The number of halogens is 1. The molecule has 11 heteroatoms. The van der Waals surface area contributed by atoms with E-state index >= 15 is 0 Å². The molecule has 5 rings (SSSR count). The molecule has 3 aromatic rings. The summed E-state index contributed by atoms with van der Waals surface area (Å²) in [5.41, 5.74) is 1.75. The first-order valence-electron chi connectivity index (χ1n) is 11.5. The van der Waals surface area contributed by atoms with E-state index in [-0.39, 0.29) is 28.9 Å². The Hall–Kier alpha value is -3.25. The van der Waals surface area contributed by atoms with Gasteiger partial charge in [-0.1, -0.05) is 30.3 Å². The van der Waals surface area contributed by atoms with Crippen LogP contribution in [0.4, 0.5) is 10.1 Å². The fraction of sp³-hybridized carbons (Fsp3) is 0.320. The number of nitrogens with one attached hydrogen (secondary N) is 2. The number of aromatic nitrogens is 1.